The summed E-state index contributed by atoms with van der Waals surface area (Å²) in [5, 5.41) is 0.429. The van der Waals surface area contributed by atoms with E-state index in [-0.39, 0.29) is 5.56 Å². The van der Waals surface area contributed by atoms with E-state index in [9.17, 15) is 8.78 Å². The minimum atomic E-state index is -0.790. The van der Waals surface area contributed by atoms with Gasteiger partial charge in [-0.1, -0.05) is 17.7 Å². The average molecular weight is 284 g/mol. The zero-order chi connectivity index (χ0) is 14.0. The Morgan fingerprint density at radius 3 is 2.58 bits per heavy atom. The molecule has 0 aliphatic carbocycles. The maximum Gasteiger partial charge on any atom is 0.137 e. The zero-order valence-electron chi connectivity index (χ0n) is 10.2. The molecule has 19 heavy (non-hydrogen) atoms. The molecule has 0 bridgehead atoms. The highest BCUT2D eigenvalue weighted by Crippen LogP contribution is 2.30. The van der Waals surface area contributed by atoms with E-state index in [1.165, 1.54) is 7.11 Å². The Hall–Kier alpha value is -1.65. The van der Waals surface area contributed by atoms with Crippen molar-refractivity contribution in [2.45, 2.75) is 6.04 Å². The average Bonchev–Trinajstić information content (AvgIpc) is 2.41. The molecule has 0 heterocycles. The summed E-state index contributed by atoms with van der Waals surface area (Å²) in [4.78, 5) is 0. The molecule has 2 N–H and O–H groups in total. The fourth-order valence-electron chi connectivity index (χ4n) is 1.80. The number of hydrogen-bond donors (Lipinski definition) is 1. The van der Waals surface area contributed by atoms with Crippen molar-refractivity contribution in [2.75, 3.05) is 7.11 Å². The quantitative estimate of drug-likeness (QED) is 0.933. The molecule has 0 spiro atoms. The van der Waals surface area contributed by atoms with Gasteiger partial charge in [0.15, 0.2) is 0 Å². The standard InChI is InChI=1S/C14H12ClF2NO/c1-19-13-6-8(2-4-11(13)15)14(18)10-7-9(16)3-5-12(10)17/h2-7,14H,18H2,1H3. The molecule has 2 aromatic carbocycles. The Kier molecular flexibility index (Phi) is 4.02. The molecule has 0 fully saturated rings. The molecule has 1 unspecified atom stereocenters. The van der Waals surface area contributed by atoms with Gasteiger partial charge in [0.2, 0.25) is 0 Å². The van der Waals surface area contributed by atoms with E-state index in [4.69, 9.17) is 22.1 Å². The summed E-state index contributed by atoms with van der Waals surface area (Å²) in [5.41, 5.74) is 6.63. The molecule has 100 valence electrons. The van der Waals surface area contributed by atoms with Crippen LogP contribution in [0.1, 0.15) is 17.2 Å². The number of methoxy groups -OCH3 is 1. The molecule has 2 nitrogen and oxygen atoms in total. The molecule has 0 aromatic heterocycles. The summed E-state index contributed by atoms with van der Waals surface area (Å²) >= 11 is 5.90. The monoisotopic (exact) mass is 283 g/mol. The van der Waals surface area contributed by atoms with E-state index in [1.807, 2.05) is 0 Å². The Bertz CT molecular complexity index is 604. The van der Waals surface area contributed by atoms with Crippen LogP contribution in [-0.2, 0) is 0 Å². The molecule has 1 atom stereocenters. The highest BCUT2D eigenvalue weighted by atomic mass is 35.5. The van der Waals surface area contributed by atoms with Crippen molar-refractivity contribution >= 4 is 11.6 Å². The lowest BCUT2D eigenvalue weighted by Gasteiger charge is -2.15. The lowest BCUT2D eigenvalue weighted by atomic mass is 9.99. The molecule has 0 saturated heterocycles. The van der Waals surface area contributed by atoms with Crippen molar-refractivity contribution in [1.29, 1.82) is 0 Å². The largest absolute Gasteiger partial charge is 0.495 e. The first kappa shape index (κ1) is 13.8. The minimum Gasteiger partial charge on any atom is -0.495 e. The third-order valence-corrected chi connectivity index (χ3v) is 3.14. The van der Waals surface area contributed by atoms with Gasteiger partial charge in [-0.25, -0.2) is 8.78 Å². The molecular formula is C14H12ClF2NO. The first-order chi connectivity index (χ1) is 9.02. The molecular weight excluding hydrogens is 272 g/mol. The molecule has 0 aliphatic rings. The highest BCUT2D eigenvalue weighted by molar-refractivity contribution is 6.32. The summed E-state index contributed by atoms with van der Waals surface area (Å²) in [7, 11) is 1.47. The van der Waals surface area contributed by atoms with E-state index in [0.717, 1.165) is 18.2 Å². The van der Waals surface area contributed by atoms with E-state index in [1.54, 1.807) is 18.2 Å². The molecule has 0 saturated carbocycles. The van der Waals surface area contributed by atoms with Crippen molar-refractivity contribution in [3.8, 4) is 5.75 Å². The Balaban J connectivity index is 2.43. The number of ether oxygens (including phenoxy) is 1. The van der Waals surface area contributed by atoms with Gasteiger partial charge < -0.3 is 10.5 Å². The van der Waals surface area contributed by atoms with Crippen LogP contribution in [0, 0.1) is 11.6 Å². The topological polar surface area (TPSA) is 35.2 Å². The molecule has 5 heteroatoms. The third kappa shape index (κ3) is 2.85. The van der Waals surface area contributed by atoms with Gasteiger partial charge in [0, 0.05) is 5.56 Å². The van der Waals surface area contributed by atoms with Gasteiger partial charge in [-0.05, 0) is 35.9 Å². The molecule has 0 amide bonds. The summed E-state index contributed by atoms with van der Waals surface area (Å²) in [5.74, 6) is -0.651. The maximum atomic E-state index is 13.7. The number of rotatable bonds is 3. The number of hydrogen-bond acceptors (Lipinski definition) is 2. The molecule has 0 radical (unpaired) electrons. The molecule has 2 aromatic rings. The highest BCUT2D eigenvalue weighted by Gasteiger charge is 2.16. The number of halogens is 3. The van der Waals surface area contributed by atoms with Crippen LogP contribution >= 0.6 is 11.6 Å². The zero-order valence-corrected chi connectivity index (χ0v) is 10.9. The summed E-state index contributed by atoms with van der Waals surface area (Å²) < 4.78 is 31.9. The van der Waals surface area contributed by atoms with Gasteiger partial charge in [0.1, 0.15) is 17.4 Å². The van der Waals surface area contributed by atoms with Gasteiger partial charge >= 0.3 is 0 Å². The predicted octanol–water partition coefficient (Wildman–Crippen LogP) is 3.67. The Morgan fingerprint density at radius 1 is 1.16 bits per heavy atom. The lowest BCUT2D eigenvalue weighted by molar-refractivity contribution is 0.414. The smallest absolute Gasteiger partial charge is 0.137 e. The SMILES string of the molecule is COc1cc(C(N)c2cc(F)ccc2F)ccc1Cl. The first-order valence-corrected chi connectivity index (χ1v) is 5.94. The van der Waals surface area contributed by atoms with E-state index < -0.39 is 17.7 Å². The summed E-state index contributed by atoms with van der Waals surface area (Å²) in [6.07, 6.45) is 0. The fraction of sp³-hybridized carbons (Fsp3) is 0.143. The minimum absolute atomic E-state index is 0.0874. The van der Waals surface area contributed by atoms with Crippen molar-refractivity contribution in [2.24, 2.45) is 5.73 Å². The van der Waals surface area contributed by atoms with Crippen LogP contribution in [0.15, 0.2) is 36.4 Å². The second-order valence-electron chi connectivity index (χ2n) is 4.04. The predicted molar refractivity (Wildman–Crippen MR) is 70.4 cm³/mol. The van der Waals surface area contributed by atoms with E-state index in [0.29, 0.717) is 16.3 Å². The second-order valence-corrected chi connectivity index (χ2v) is 4.44. The lowest BCUT2D eigenvalue weighted by Crippen LogP contribution is -2.14. The normalized spacial score (nSPS) is 12.3. The van der Waals surface area contributed by atoms with E-state index >= 15 is 0 Å². The van der Waals surface area contributed by atoms with Crippen molar-refractivity contribution in [1.82, 2.24) is 0 Å². The van der Waals surface area contributed by atoms with Crippen molar-refractivity contribution in [3.63, 3.8) is 0 Å². The number of benzene rings is 2. The van der Waals surface area contributed by atoms with Crippen LogP contribution in [0.5, 0.6) is 5.75 Å². The van der Waals surface area contributed by atoms with E-state index in [2.05, 4.69) is 0 Å². The van der Waals surface area contributed by atoms with Crippen LogP contribution in [0.3, 0.4) is 0 Å². The van der Waals surface area contributed by atoms with Crippen LogP contribution in [0.2, 0.25) is 5.02 Å². The number of nitrogens with two attached hydrogens (primary N) is 1. The molecule has 0 aliphatic heterocycles. The van der Waals surface area contributed by atoms with Crippen molar-refractivity contribution < 1.29 is 13.5 Å². The summed E-state index contributed by atoms with van der Waals surface area (Å²) in [6.45, 7) is 0. The third-order valence-electron chi connectivity index (χ3n) is 2.83. The van der Waals surface area contributed by atoms with Crippen LogP contribution in [0.25, 0.3) is 0 Å². The van der Waals surface area contributed by atoms with Crippen LogP contribution < -0.4 is 10.5 Å². The van der Waals surface area contributed by atoms with Gasteiger partial charge in [-0.2, -0.15) is 0 Å². The van der Waals surface area contributed by atoms with Crippen LogP contribution in [-0.4, -0.2) is 7.11 Å². The summed E-state index contributed by atoms with van der Waals surface area (Å²) in [6, 6.07) is 7.26. The van der Waals surface area contributed by atoms with Gasteiger partial charge in [-0.3, -0.25) is 0 Å². The first-order valence-electron chi connectivity index (χ1n) is 5.57. The molecule has 2 rings (SSSR count). The Labute approximate surface area is 114 Å². The fourth-order valence-corrected chi connectivity index (χ4v) is 2.00. The Morgan fingerprint density at radius 2 is 1.89 bits per heavy atom. The van der Waals surface area contributed by atoms with Crippen LogP contribution in [0.4, 0.5) is 8.78 Å². The van der Waals surface area contributed by atoms with Gasteiger partial charge in [0.05, 0.1) is 18.2 Å². The maximum absolute atomic E-state index is 13.7. The van der Waals surface area contributed by atoms with Crippen molar-refractivity contribution in [3.05, 3.63) is 64.2 Å². The van der Waals surface area contributed by atoms with Gasteiger partial charge in [0.25, 0.3) is 0 Å². The van der Waals surface area contributed by atoms with Gasteiger partial charge in [-0.15, -0.1) is 0 Å². The second kappa shape index (κ2) is 5.55.